The molecule has 2 amide bonds. The van der Waals surface area contributed by atoms with Crippen molar-refractivity contribution in [3.8, 4) is 0 Å². The van der Waals surface area contributed by atoms with Gasteiger partial charge in [-0.25, -0.2) is 0 Å². The van der Waals surface area contributed by atoms with E-state index in [1.165, 1.54) is 6.42 Å². The zero-order valence-electron chi connectivity index (χ0n) is 19.7. The maximum atomic E-state index is 13.3. The molecule has 2 aromatic carbocycles. The number of halogens is 1. The summed E-state index contributed by atoms with van der Waals surface area (Å²) in [4.78, 5) is 29.2. The smallest absolute Gasteiger partial charge is 0.242 e. The van der Waals surface area contributed by atoms with E-state index in [4.69, 9.17) is 11.6 Å². The first-order valence-corrected chi connectivity index (χ1v) is 13.3. The molecule has 1 fully saturated rings. The lowest BCUT2D eigenvalue weighted by Crippen LogP contribution is -2.50. The predicted octanol–water partition coefficient (Wildman–Crippen LogP) is 6.39. The Balaban J connectivity index is 1.60. The number of nitrogens with zero attached hydrogens (tertiary/aromatic N) is 1. The molecule has 4 nitrogen and oxygen atoms in total. The van der Waals surface area contributed by atoms with Gasteiger partial charge in [-0.05, 0) is 74.3 Å². The van der Waals surface area contributed by atoms with Crippen molar-refractivity contribution in [2.24, 2.45) is 0 Å². The van der Waals surface area contributed by atoms with Crippen molar-refractivity contribution in [1.29, 1.82) is 0 Å². The van der Waals surface area contributed by atoms with Crippen molar-refractivity contribution in [3.05, 3.63) is 64.7 Å². The van der Waals surface area contributed by atoms with Gasteiger partial charge in [-0.1, -0.05) is 55.1 Å². The number of nitrogens with one attached hydrogen (secondary N) is 1. The monoisotopic (exact) mass is 486 g/mol. The van der Waals surface area contributed by atoms with Gasteiger partial charge in [0.05, 0.1) is 0 Å². The van der Waals surface area contributed by atoms with Crippen molar-refractivity contribution in [2.45, 2.75) is 82.3 Å². The quantitative estimate of drug-likeness (QED) is 0.313. The molecule has 1 saturated carbocycles. The van der Waals surface area contributed by atoms with E-state index >= 15 is 0 Å². The molecule has 33 heavy (non-hydrogen) atoms. The number of thioether (sulfide) groups is 1. The molecule has 1 atom stereocenters. The Morgan fingerprint density at radius 2 is 1.79 bits per heavy atom. The van der Waals surface area contributed by atoms with E-state index in [1.807, 2.05) is 62.4 Å². The molecule has 0 aliphatic heterocycles. The van der Waals surface area contributed by atoms with Gasteiger partial charge >= 0.3 is 0 Å². The first-order chi connectivity index (χ1) is 15.9. The lowest BCUT2D eigenvalue weighted by Gasteiger charge is -2.31. The highest BCUT2D eigenvalue weighted by Gasteiger charge is 2.28. The standard InChI is InChI=1S/C27H35ClN2O2S/c1-20-9-6-7-10-22(20)19-30(21(2)27(32)29-24-11-4-3-5-12-24)26(31)13-8-18-33-25-16-14-23(28)15-17-25/h6-7,9-10,14-17,21,24H,3-5,8,11-13,18-19H2,1-2H3,(H,29,32)/t21-/m0/s1. The highest BCUT2D eigenvalue weighted by molar-refractivity contribution is 7.99. The summed E-state index contributed by atoms with van der Waals surface area (Å²) in [6.45, 7) is 4.36. The van der Waals surface area contributed by atoms with E-state index < -0.39 is 6.04 Å². The summed E-state index contributed by atoms with van der Waals surface area (Å²) >= 11 is 7.67. The molecule has 2 aromatic rings. The van der Waals surface area contributed by atoms with Gasteiger partial charge in [0.1, 0.15) is 6.04 Å². The van der Waals surface area contributed by atoms with E-state index in [0.29, 0.717) is 13.0 Å². The van der Waals surface area contributed by atoms with Crippen molar-refractivity contribution >= 4 is 35.2 Å². The molecule has 0 radical (unpaired) electrons. The number of hydrogen-bond donors (Lipinski definition) is 1. The van der Waals surface area contributed by atoms with Crippen LogP contribution in [0.25, 0.3) is 0 Å². The molecule has 0 heterocycles. The molecular formula is C27H35ClN2O2S. The van der Waals surface area contributed by atoms with E-state index in [-0.39, 0.29) is 17.9 Å². The van der Waals surface area contributed by atoms with Crippen LogP contribution in [0.5, 0.6) is 0 Å². The number of hydrogen-bond acceptors (Lipinski definition) is 3. The van der Waals surface area contributed by atoms with Crippen LogP contribution < -0.4 is 5.32 Å². The van der Waals surface area contributed by atoms with Crippen LogP contribution in [-0.4, -0.2) is 34.6 Å². The van der Waals surface area contributed by atoms with Gasteiger partial charge in [-0.3, -0.25) is 9.59 Å². The molecule has 0 unspecified atom stereocenters. The Morgan fingerprint density at radius 1 is 1.09 bits per heavy atom. The lowest BCUT2D eigenvalue weighted by atomic mass is 9.95. The molecular weight excluding hydrogens is 452 g/mol. The average Bonchev–Trinajstić information content (AvgIpc) is 2.82. The first-order valence-electron chi connectivity index (χ1n) is 12.0. The second kappa shape index (κ2) is 13.0. The number of carbonyl (C=O) groups is 2. The summed E-state index contributed by atoms with van der Waals surface area (Å²) in [5.41, 5.74) is 2.21. The highest BCUT2D eigenvalue weighted by Crippen LogP contribution is 2.23. The fraction of sp³-hybridized carbons (Fsp3) is 0.481. The molecule has 1 N–H and O–H groups in total. The molecule has 0 aromatic heterocycles. The van der Waals surface area contributed by atoms with E-state index in [1.54, 1.807) is 16.7 Å². The number of carbonyl (C=O) groups excluding carboxylic acids is 2. The van der Waals surface area contributed by atoms with Crippen molar-refractivity contribution in [3.63, 3.8) is 0 Å². The maximum absolute atomic E-state index is 13.3. The molecule has 6 heteroatoms. The third kappa shape index (κ3) is 8.08. The first kappa shape index (κ1) is 25.6. The Morgan fingerprint density at radius 3 is 2.48 bits per heavy atom. The summed E-state index contributed by atoms with van der Waals surface area (Å²) in [7, 11) is 0. The van der Waals surface area contributed by atoms with Gasteiger partial charge in [0, 0.05) is 28.9 Å². The number of amides is 2. The Labute approximate surface area is 207 Å². The topological polar surface area (TPSA) is 49.4 Å². The van der Waals surface area contributed by atoms with Gasteiger partial charge < -0.3 is 10.2 Å². The van der Waals surface area contributed by atoms with Crippen molar-refractivity contribution in [1.82, 2.24) is 10.2 Å². The number of rotatable bonds is 10. The van der Waals surface area contributed by atoms with Gasteiger partial charge in [0.15, 0.2) is 0 Å². The van der Waals surface area contributed by atoms with Crippen LogP contribution in [0.15, 0.2) is 53.4 Å². The Bertz CT molecular complexity index is 913. The largest absolute Gasteiger partial charge is 0.352 e. The van der Waals surface area contributed by atoms with Crippen LogP contribution in [-0.2, 0) is 16.1 Å². The third-order valence-corrected chi connectivity index (χ3v) is 7.69. The van der Waals surface area contributed by atoms with E-state index in [9.17, 15) is 9.59 Å². The Kier molecular flexibility index (Phi) is 10.1. The molecule has 0 spiro atoms. The van der Waals surface area contributed by atoms with Crippen LogP contribution >= 0.6 is 23.4 Å². The summed E-state index contributed by atoms with van der Waals surface area (Å²) in [6.07, 6.45) is 6.82. The molecule has 0 saturated heterocycles. The van der Waals surface area contributed by atoms with Gasteiger partial charge in [0.25, 0.3) is 0 Å². The summed E-state index contributed by atoms with van der Waals surface area (Å²) < 4.78 is 0. The van der Waals surface area contributed by atoms with Gasteiger partial charge in [-0.15, -0.1) is 11.8 Å². The highest BCUT2D eigenvalue weighted by atomic mass is 35.5. The molecule has 0 bridgehead atoms. The van der Waals surface area contributed by atoms with E-state index in [2.05, 4.69) is 5.32 Å². The molecule has 178 valence electrons. The molecule has 3 rings (SSSR count). The summed E-state index contributed by atoms with van der Waals surface area (Å²) in [5.74, 6) is 0.828. The number of aryl methyl sites for hydroxylation is 1. The fourth-order valence-corrected chi connectivity index (χ4v) is 5.19. The van der Waals surface area contributed by atoms with Gasteiger partial charge in [-0.2, -0.15) is 0 Å². The second-order valence-electron chi connectivity index (χ2n) is 8.87. The molecule has 1 aliphatic carbocycles. The fourth-order valence-electron chi connectivity index (χ4n) is 4.21. The van der Waals surface area contributed by atoms with Crippen LogP contribution in [0.2, 0.25) is 5.02 Å². The SMILES string of the molecule is Cc1ccccc1CN(C(=O)CCCSc1ccc(Cl)cc1)[C@@H](C)C(=O)NC1CCCCC1. The van der Waals surface area contributed by atoms with Gasteiger partial charge in [0.2, 0.25) is 11.8 Å². The van der Waals surface area contributed by atoms with Crippen molar-refractivity contribution in [2.75, 3.05) is 5.75 Å². The normalized spacial score (nSPS) is 15.1. The minimum Gasteiger partial charge on any atom is -0.352 e. The zero-order chi connectivity index (χ0) is 23.6. The van der Waals surface area contributed by atoms with Crippen molar-refractivity contribution < 1.29 is 9.59 Å². The maximum Gasteiger partial charge on any atom is 0.242 e. The van der Waals surface area contributed by atoms with Crippen LogP contribution in [0.1, 0.15) is 63.0 Å². The zero-order valence-corrected chi connectivity index (χ0v) is 21.3. The second-order valence-corrected chi connectivity index (χ2v) is 10.5. The van der Waals surface area contributed by atoms with Crippen LogP contribution in [0.3, 0.4) is 0 Å². The van der Waals surface area contributed by atoms with Crippen LogP contribution in [0.4, 0.5) is 0 Å². The minimum atomic E-state index is -0.497. The van der Waals surface area contributed by atoms with Crippen LogP contribution in [0, 0.1) is 6.92 Å². The number of benzene rings is 2. The molecule has 1 aliphatic rings. The minimum absolute atomic E-state index is 0.0289. The Hall–Kier alpha value is -1.98. The average molecular weight is 487 g/mol. The lowest BCUT2D eigenvalue weighted by molar-refractivity contribution is -0.141. The summed E-state index contributed by atoms with van der Waals surface area (Å²) in [5, 5.41) is 3.92. The van der Waals surface area contributed by atoms with E-state index in [0.717, 1.165) is 58.9 Å². The predicted molar refractivity (Wildman–Crippen MR) is 138 cm³/mol. The summed E-state index contributed by atoms with van der Waals surface area (Å²) in [6, 6.07) is 15.6. The third-order valence-electron chi connectivity index (χ3n) is 6.34.